The minimum absolute atomic E-state index is 0. The fraction of sp³-hybridized carbons (Fsp3) is 0.545. The van der Waals surface area contributed by atoms with Gasteiger partial charge in [-0.25, -0.2) is 4.98 Å². The molecule has 0 spiro atoms. The van der Waals surface area contributed by atoms with Crippen LogP contribution in [0.1, 0.15) is 25.7 Å². The summed E-state index contributed by atoms with van der Waals surface area (Å²) in [5.74, 6) is 0.732. The van der Waals surface area contributed by atoms with E-state index in [1.165, 1.54) is 12.8 Å². The molecule has 1 aromatic heterocycles. The number of halogens is 1. The van der Waals surface area contributed by atoms with Crippen molar-refractivity contribution in [2.45, 2.75) is 37.8 Å². The van der Waals surface area contributed by atoms with Crippen LogP contribution in [0.3, 0.4) is 0 Å². The molecule has 0 saturated heterocycles. The lowest BCUT2D eigenvalue weighted by atomic mass is 9.91. The van der Waals surface area contributed by atoms with Gasteiger partial charge in [0.1, 0.15) is 0 Å². The summed E-state index contributed by atoms with van der Waals surface area (Å²) in [6, 6.07) is 3.74. The Morgan fingerprint density at radius 2 is 2.12 bits per heavy atom. The first-order valence-corrected chi connectivity index (χ1v) is 5.43. The minimum Gasteiger partial charge on any atom is -0.504 e. The number of nitrogens with zero attached hydrogens (tertiary/aromatic N) is 1. The van der Waals surface area contributed by atoms with E-state index in [0.717, 1.165) is 12.8 Å². The first-order valence-electron chi connectivity index (χ1n) is 5.43. The molecule has 0 bridgehead atoms. The molecule has 4 nitrogen and oxygen atoms in total. The number of nitrogens with one attached hydrogen (secondary N) is 1. The highest BCUT2D eigenvalue weighted by atomic mass is 35.5. The lowest BCUT2D eigenvalue weighted by molar-refractivity contribution is 0.400. The van der Waals surface area contributed by atoms with Crippen molar-refractivity contribution in [2.24, 2.45) is 5.73 Å². The highest BCUT2D eigenvalue weighted by molar-refractivity contribution is 5.85. The summed E-state index contributed by atoms with van der Waals surface area (Å²) in [5, 5.41) is 12.8. The van der Waals surface area contributed by atoms with Gasteiger partial charge in [0.2, 0.25) is 0 Å². The maximum atomic E-state index is 9.56. The fourth-order valence-corrected chi connectivity index (χ4v) is 2.02. The lowest BCUT2D eigenvalue weighted by Gasteiger charge is -2.29. The third-order valence-corrected chi connectivity index (χ3v) is 2.93. The van der Waals surface area contributed by atoms with E-state index in [2.05, 4.69) is 10.3 Å². The van der Waals surface area contributed by atoms with Crippen LogP contribution in [0.2, 0.25) is 0 Å². The van der Waals surface area contributed by atoms with Gasteiger partial charge in [-0.1, -0.05) is 12.8 Å². The molecule has 1 fully saturated rings. The fourth-order valence-electron chi connectivity index (χ4n) is 2.02. The average Bonchev–Trinajstić information content (AvgIpc) is 2.24. The van der Waals surface area contributed by atoms with Crippen LogP contribution in [0.15, 0.2) is 18.3 Å². The van der Waals surface area contributed by atoms with E-state index in [-0.39, 0.29) is 30.2 Å². The second-order valence-corrected chi connectivity index (χ2v) is 4.07. The molecule has 2 unspecified atom stereocenters. The second kappa shape index (κ2) is 5.92. The van der Waals surface area contributed by atoms with Crippen LogP contribution in [0.5, 0.6) is 5.75 Å². The smallest absolute Gasteiger partial charge is 0.168 e. The normalized spacial score (nSPS) is 24.6. The summed E-state index contributed by atoms with van der Waals surface area (Å²) < 4.78 is 0. The largest absolute Gasteiger partial charge is 0.504 e. The molecule has 0 aliphatic heterocycles. The first-order chi connectivity index (χ1) is 7.27. The van der Waals surface area contributed by atoms with Gasteiger partial charge < -0.3 is 16.2 Å². The summed E-state index contributed by atoms with van der Waals surface area (Å²) in [6.45, 7) is 0. The Balaban J connectivity index is 0.00000128. The van der Waals surface area contributed by atoms with Crippen LogP contribution < -0.4 is 11.1 Å². The third kappa shape index (κ3) is 3.00. The third-order valence-electron chi connectivity index (χ3n) is 2.93. The molecule has 1 saturated carbocycles. The molecular formula is C11H18ClN3O. The number of hydrogen-bond donors (Lipinski definition) is 3. The van der Waals surface area contributed by atoms with Gasteiger partial charge in [0.25, 0.3) is 0 Å². The quantitative estimate of drug-likeness (QED) is 0.742. The van der Waals surface area contributed by atoms with Crippen molar-refractivity contribution in [3.05, 3.63) is 18.3 Å². The number of hydrogen-bond acceptors (Lipinski definition) is 4. The van der Waals surface area contributed by atoms with Crippen LogP contribution >= 0.6 is 12.4 Å². The van der Waals surface area contributed by atoms with Crippen molar-refractivity contribution in [1.29, 1.82) is 0 Å². The predicted molar refractivity (Wildman–Crippen MR) is 67.0 cm³/mol. The molecule has 1 aliphatic carbocycles. The summed E-state index contributed by atoms with van der Waals surface area (Å²) in [5.41, 5.74) is 6.00. The molecule has 5 heteroatoms. The Bertz CT molecular complexity index is 335. The molecule has 1 aromatic rings. The van der Waals surface area contributed by atoms with Crippen molar-refractivity contribution in [1.82, 2.24) is 4.98 Å². The van der Waals surface area contributed by atoms with Crippen LogP contribution in [0.4, 0.5) is 5.82 Å². The molecular weight excluding hydrogens is 226 g/mol. The molecule has 1 aliphatic rings. The van der Waals surface area contributed by atoms with Crippen LogP contribution in [-0.2, 0) is 0 Å². The van der Waals surface area contributed by atoms with Crippen molar-refractivity contribution < 1.29 is 5.11 Å². The van der Waals surface area contributed by atoms with E-state index < -0.39 is 0 Å². The van der Waals surface area contributed by atoms with E-state index in [1.54, 1.807) is 18.3 Å². The van der Waals surface area contributed by atoms with E-state index >= 15 is 0 Å². The number of anilines is 1. The summed E-state index contributed by atoms with van der Waals surface area (Å²) in [6.07, 6.45) is 6.16. The highest BCUT2D eigenvalue weighted by Crippen LogP contribution is 2.24. The second-order valence-electron chi connectivity index (χ2n) is 4.07. The van der Waals surface area contributed by atoms with Gasteiger partial charge in [-0.2, -0.15) is 0 Å². The standard InChI is InChI=1S/C11H17N3O.ClH/c12-8-4-1-2-5-9(8)14-11-10(15)6-3-7-13-11;/h3,6-9,15H,1-2,4-5,12H2,(H,13,14);1H. The maximum Gasteiger partial charge on any atom is 0.168 e. The first kappa shape index (κ1) is 13.1. The van der Waals surface area contributed by atoms with Gasteiger partial charge in [-0.05, 0) is 25.0 Å². The number of pyridine rings is 1. The van der Waals surface area contributed by atoms with Gasteiger partial charge in [0.05, 0.1) is 0 Å². The molecule has 2 atom stereocenters. The zero-order valence-electron chi connectivity index (χ0n) is 9.10. The number of rotatable bonds is 2. The molecule has 0 radical (unpaired) electrons. The van der Waals surface area contributed by atoms with Crippen LogP contribution in [0.25, 0.3) is 0 Å². The van der Waals surface area contributed by atoms with Crippen molar-refractivity contribution in [2.75, 3.05) is 5.32 Å². The van der Waals surface area contributed by atoms with Gasteiger partial charge in [-0.15, -0.1) is 12.4 Å². The molecule has 0 amide bonds. The van der Waals surface area contributed by atoms with E-state index in [1.807, 2.05) is 0 Å². The predicted octanol–water partition coefficient (Wildman–Crippen LogP) is 1.89. The van der Waals surface area contributed by atoms with E-state index in [0.29, 0.717) is 5.82 Å². The Kier molecular flexibility index (Phi) is 4.83. The number of nitrogens with two attached hydrogens (primary N) is 1. The monoisotopic (exact) mass is 243 g/mol. The summed E-state index contributed by atoms with van der Waals surface area (Å²) in [4.78, 5) is 4.09. The van der Waals surface area contributed by atoms with Crippen molar-refractivity contribution in [3.8, 4) is 5.75 Å². The van der Waals surface area contributed by atoms with Crippen molar-refractivity contribution in [3.63, 3.8) is 0 Å². The van der Waals surface area contributed by atoms with Crippen LogP contribution in [-0.4, -0.2) is 22.2 Å². The molecule has 16 heavy (non-hydrogen) atoms. The van der Waals surface area contributed by atoms with Gasteiger partial charge in [0.15, 0.2) is 11.6 Å². The summed E-state index contributed by atoms with van der Waals surface area (Å²) in [7, 11) is 0. The lowest BCUT2D eigenvalue weighted by Crippen LogP contribution is -2.42. The van der Waals surface area contributed by atoms with Gasteiger partial charge in [0, 0.05) is 18.3 Å². The summed E-state index contributed by atoms with van der Waals surface area (Å²) >= 11 is 0. The van der Waals surface area contributed by atoms with Crippen LogP contribution in [0, 0.1) is 0 Å². The Labute approximate surface area is 102 Å². The van der Waals surface area contributed by atoms with Crippen molar-refractivity contribution >= 4 is 18.2 Å². The average molecular weight is 244 g/mol. The molecule has 1 heterocycles. The highest BCUT2D eigenvalue weighted by Gasteiger charge is 2.22. The Hall–Kier alpha value is -1.00. The SMILES string of the molecule is Cl.NC1CCCCC1Nc1ncccc1O. The van der Waals surface area contributed by atoms with E-state index in [4.69, 9.17) is 5.73 Å². The molecule has 2 rings (SSSR count). The zero-order chi connectivity index (χ0) is 10.7. The van der Waals surface area contributed by atoms with E-state index in [9.17, 15) is 5.11 Å². The van der Waals surface area contributed by atoms with Gasteiger partial charge in [-0.3, -0.25) is 0 Å². The minimum atomic E-state index is 0. The maximum absolute atomic E-state index is 9.56. The topological polar surface area (TPSA) is 71.2 Å². The zero-order valence-corrected chi connectivity index (χ0v) is 9.91. The Morgan fingerprint density at radius 3 is 2.81 bits per heavy atom. The molecule has 90 valence electrons. The number of aromatic nitrogens is 1. The molecule has 4 N–H and O–H groups in total. The molecule has 0 aromatic carbocycles. The van der Waals surface area contributed by atoms with Gasteiger partial charge >= 0.3 is 0 Å². The Morgan fingerprint density at radius 1 is 1.38 bits per heavy atom. The number of aromatic hydroxyl groups is 1.